The summed E-state index contributed by atoms with van der Waals surface area (Å²) in [4.78, 5) is 8.18. The van der Waals surface area contributed by atoms with Gasteiger partial charge in [0.15, 0.2) is 5.82 Å². The lowest BCUT2D eigenvalue weighted by Gasteiger charge is -1.97. The second-order valence-corrected chi connectivity index (χ2v) is 2.88. The van der Waals surface area contributed by atoms with Crippen LogP contribution in [0.15, 0.2) is 36.5 Å². The Kier molecular flexibility index (Phi) is 2.23. The Morgan fingerprint density at radius 1 is 1.15 bits per heavy atom. The van der Waals surface area contributed by atoms with E-state index in [1.807, 2.05) is 24.3 Å². The predicted octanol–water partition coefficient (Wildman–Crippen LogP) is 2.60. The number of hydrogen-bond acceptors (Lipinski definition) is 2. The minimum Gasteiger partial charge on any atom is -0.236 e. The molecule has 0 amide bonds. The fraction of sp³-hybridized carbons (Fsp3) is 0. The Morgan fingerprint density at radius 2 is 1.92 bits per heavy atom. The van der Waals surface area contributed by atoms with Gasteiger partial charge in [-0.15, -0.1) is 0 Å². The highest BCUT2D eigenvalue weighted by molar-refractivity contribution is 6.29. The topological polar surface area (TPSA) is 25.8 Å². The van der Waals surface area contributed by atoms with E-state index in [-0.39, 0.29) is 0 Å². The van der Waals surface area contributed by atoms with Crippen molar-refractivity contribution in [3.8, 4) is 11.4 Å². The first-order chi connectivity index (χ1) is 6.36. The smallest absolute Gasteiger partial charge is 0.160 e. The van der Waals surface area contributed by atoms with Gasteiger partial charge in [0.05, 0.1) is 0 Å². The highest BCUT2D eigenvalue weighted by atomic mass is 35.5. The van der Waals surface area contributed by atoms with Crippen molar-refractivity contribution in [3.05, 3.63) is 47.7 Å². The van der Waals surface area contributed by atoms with Crippen LogP contribution in [0.4, 0.5) is 0 Å². The van der Waals surface area contributed by atoms with E-state index in [1.165, 1.54) is 0 Å². The monoisotopic (exact) mass is 189 g/mol. The molecule has 13 heavy (non-hydrogen) atoms. The molecular weight excluding hydrogens is 184 g/mol. The molecule has 2 nitrogen and oxygen atoms in total. The number of rotatable bonds is 1. The fourth-order valence-corrected chi connectivity index (χ4v) is 1.15. The molecule has 0 aliphatic rings. The highest BCUT2D eigenvalue weighted by Gasteiger charge is 1.99. The summed E-state index contributed by atoms with van der Waals surface area (Å²) >= 11 is 5.74. The maximum absolute atomic E-state index is 5.74. The van der Waals surface area contributed by atoms with E-state index in [1.54, 1.807) is 12.3 Å². The van der Waals surface area contributed by atoms with Gasteiger partial charge in [0, 0.05) is 11.8 Å². The molecule has 0 bridgehead atoms. The Morgan fingerprint density at radius 3 is 2.62 bits per heavy atom. The molecule has 0 aliphatic carbocycles. The summed E-state index contributed by atoms with van der Waals surface area (Å²) in [5.41, 5.74) is 0.946. The van der Waals surface area contributed by atoms with Crippen molar-refractivity contribution in [2.24, 2.45) is 0 Å². The number of benzene rings is 1. The van der Waals surface area contributed by atoms with E-state index in [0.29, 0.717) is 11.0 Å². The van der Waals surface area contributed by atoms with Crippen LogP contribution in [0.25, 0.3) is 11.4 Å². The van der Waals surface area contributed by atoms with Crippen LogP contribution in [-0.2, 0) is 0 Å². The quantitative estimate of drug-likeness (QED) is 0.645. The summed E-state index contributed by atoms with van der Waals surface area (Å²) in [6.45, 7) is 0. The lowest BCUT2D eigenvalue weighted by Crippen LogP contribution is -1.87. The second-order valence-electron chi connectivity index (χ2n) is 2.49. The minimum atomic E-state index is 0.456. The molecule has 63 valence electrons. The van der Waals surface area contributed by atoms with Gasteiger partial charge in [-0.2, -0.15) is 0 Å². The summed E-state index contributed by atoms with van der Waals surface area (Å²) in [6.07, 6.45) is 1.64. The molecule has 0 saturated heterocycles. The van der Waals surface area contributed by atoms with Gasteiger partial charge in [0.2, 0.25) is 0 Å². The Balaban J connectivity index is 2.48. The van der Waals surface area contributed by atoms with Crippen LogP contribution in [0.2, 0.25) is 5.15 Å². The van der Waals surface area contributed by atoms with Crippen molar-refractivity contribution < 1.29 is 0 Å². The summed E-state index contributed by atoms with van der Waals surface area (Å²) < 4.78 is 0. The summed E-state index contributed by atoms with van der Waals surface area (Å²) in [5.74, 6) is 0.640. The van der Waals surface area contributed by atoms with Crippen LogP contribution in [0.5, 0.6) is 0 Å². The normalized spacial score (nSPS) is 9.92. The average Bonchev–Trinajstić information content (AvgIpc) is 2.19. The molecule has 0 saturated carbocycles. The first kappa shape index (κ1) is 8.20. The predicted molar refractivity (Wildman–Crippen MR) is 51.3 cm³/mol. The van der Waals surface area contributed by atoms with Crippen LogP contribution >= 0.6 is 11.6 Å². The van der Waals surface area contributed by atoms with E-state index in [0.717, 1.165) is 5.56 Å². The van der Waals surface area contributed by atoms with Crippen molar-refractivity contribution in [1.29, 1.82) is 0 Å². The molecule has 0 N–H and O–H groups in total. The van der Waals surface area contributed by atoms with Crippen LogP contribution < -0.4 is 0 Å². The van der Waals surface area contributed by atoms with Gasteiger partial charge in [-0.1, -0.05) is 35.9 Å². The molecular formula is C10H6ClN2. The van der Waals surface area contributed by atoms with E-state index >= 15 is 0 Å². The molecule has 0 spiro atoms. The third-order valence-corrected chi connectivity index (χ3v) is 1.81. The third-order valence-electron chi connectivity index (χ3n) is 1.60. The van der Waals surface area contributed by atoms with Crippen LogP contribution in [0.1, 0.15) is 0 Å². The molecule has 1 heterocycles. The van der Waals surface area contributed by atoms with Gasteiger partial charge in [-0.25, -0.2) is 9.97 Å². The molecule has 2 rings (SSSR count). The molecule has 1 aromatic carbocycles. The first-order valence-electron chi connectivity index (χ1n) is 3.81. The van der Waals surface area contributed by atoms with Crippen LogP contribution in [0, 0.1) is 6.07 Å². The highest BCUT2D eigenvalue weighted by Crippen LogP contribution is 2.14. The zero-order chi connectivity index (χ0) is 9.10. The van der Waals surface area contributed by atoms with Crippen molar-refractivity contribution >= 4 is 11.6 Å². The van der Waals surface area contributed by atoms with E-state index in [2.05, 4.69) is 16.0 Å². The van der Waals surface area contributed by atoms with Gasteiger partial charge in [0.1, 0.15) is 5.15 Å². The number of nitrogens with zero attached hydrogens (tertiary/aromatic N) is 2. The molecule has 0 aliphatic heterocycles. The molecule has 0 atom stereocenters. The number of halogens is 1. The molecule has 3 heteroatoms. The maximum Gasteiger partial charge on any atom is 0.160 e. The zero-order valence-corrected chi connectivity index (χ0v) is 7.49. The Bertz CT molecular complexity index is 401. The van der Waals surface area contributed by atoms with Gasteiger partial charge in [-0.3, -0.25) is 0 Å². The van der Waals surface area contributed by atoms with Gasteiger partial charge in [0.25, 0.3) is 0 Å². The lowest BCUT2D eigenvalue weighted by atomic mass is 10.2. The van der Waals surface area contributed by atoms with E-state index < -0.39 is 0 Å². The van der Waals surface area contributed by atoms with Crippen LogP contribution in [0.3, 0.4) is 0 Å². The Labute approximate surface area is 81.2 Å². The maximum atomic E-state index is 5.74. The van der Waals surface area contributed by atoms with Crippen molar-refractivity contribution in [3.63, 3.8) is 0 Å². The molecule has 2 aromatic rings. The molecule has 1 aromatic heterocycles. The first-order valence-corrected chi connectivity index (χ1v) is 4.19. The molecule has 1 radical (unpaired) electrons. The van der Waals surface area contributed by atoms with Crippen molar-refractivity contribution in [2.45, 2.75) is 0 Å². The Hall–Kier alpha value is -1.41. The summed E-state index contributed by atoms with van der Waals surface area (Å²) in [5, 5.41) is 0.456. The average molecular weight is 190 g/mol. The third kappa shape index (κ3) is 1.84. The van der Waals surface area contributed by atoms with E-state index in [9.17, 15) is 0 Å². The number of hydrogen-bond donors (Lipinski definition) is 0. The zero-order valence-electron chi connectivity index (χ0n) is 6.74. The van der Waals surface area contributed by atoms with Crippen molar-refractivity contribution in [2.75, 3.05) is 0 Å². The van der Waals surface area contributed by atoms with Crippen LogP contribution in [-0.4, -0.2) is 9.97 Å². The fourth-order valence-electron chi connectivity index (χ4n) is 1.01. The van der Waals surface area contributed by atoms with Gasteiger partial charge in [-0.05, 0) is 12.1 Å². The summed E-state index contributed by atoms with van der Waals surface area (Å²) in [6, 6.07) is 12.0. The minimum absolute atomic E-state index is 0.456. The molecule has 0 unspecified atom stereocenters. The molecule has 0 fully saturated rings. The standard InChI is InChI=1S/C10H6ClN2/c11-9-6-7-12-10(13-9)8-4-2-1-3-5-8/h2-7H. The van der Waals surface area contributed by atoms with Gasteiger partial charge < -0.3 is 0 Å². The second kappa shape index (κ2) is 3.54. The number of aromatic nitrogens is 2. The lowest BCUT2D eigenvalue weighted by molar-refractivity contribution is 1.18. The SMILES string of the molecule is Clc1ccnc(-c2cc[c]cc2)n1. The van der Waals surface area contributed by atoms with Gasteiger partial charge >= 0.3 is 0 Å². The van der Waals surface area contributed by atoms with E-state index in [4.69, 9.17) is 11.6 Å². The van der Waals surface area contributed by atoms with Crippen molar-refractivity contribution in [1.82, 2.24) is 9.97 Å². The largest absolute Gasteiger partial charge is 0.236 e. The summed E-state index contributed by atoms with van der Waals surface area (Å²) in [7, 11) is 0.